The molecule has 3 aromatic rings. The zero-order chi connectivity index (χ0) is 14.3. The number of hydrogen-bond donors (Lipinski definition) is 1. The first kappa shape index (κ1) is 12.6. The number of fused-ring (bicyclic) bond motifs is 1. The van der Waals surface area contributed by atoms with Crippen molar-refractivity contribution < 1.29 is 4.52 Å². The second-order valence-electron chi connectivity index (χ2n) is 4.84. The summed E-state index contributed by atoms with van der Waals surface area (Å²) in [5.41, 5.74) is 2.69. The van der Waals surface area contributed by atoms with Gasteiger partial charge in [0, 0.05) is 5.56 Å². The summed E-state index contributed by atoms with van der Waals surface area (Å²) in [6, 6.07) is 3.83. The molecule has 0 radical (unpaired) electrons. The number of hydrogen-bond acceptors (Lipinski definition) is 6. The minimum absolute atomic E-state index is 0.0583. The Morgan fingerprint density at radius 2 is 2.00 bits per heavy atom. The standard InChI is InChI=1S/C13H16N6O/c1-7(13-8(2)18-20-9(13)3)14-11-5-6-12-16-15-10(4)19(12)17-11/h5-7H,1-4H3,(H,14,17). The Hall–Kier alpha value is -2.44. The molecule has 0 spiro atoms. The number of rotatable bonds is 3. The van der Waals surface area contributed by atoms with Gasteiger partial charge in [-0.05, 0) is 39.8 Å². The molecule has 0 amide bonds. The Morgan fingerprint density at radius 3 is 2.70 bits per heavy atom. The molecule has 3 rings (SSSR count). The van der Waals surface area contributed by atoms with Crippen LogP contribution < -0.4 is 5.32 Å². The molecule has 0 aliphatic carbocycles. The molecule has 1 atom stereocenters. The van der Waals surface area contributed by atoms with Crippen molar-refractivity contribution in [2.24, 2.45) is 0 Å². The molecular formula is C13H16N6O. The second-order valence-corrected chi connectivity index (χ2v) is 4.84. The van der Waals surface area contributed by atoms with Gasteiger partial charge in [0.05, 0.1) is 11.7 Å². The summed E-state index contributed by atoms with van der Waals surface area (Å²) in [4.78, 5) is 0. The van der Waals surface area contributed by atoms with Gasteiger partial charge in [-0.3, -0.25) is 0 Å². The zero-order valence-corrected chi connectivity index (χ0v) is 11.9. The summed E-state index contributed by atoms with van der Waals surface area (Å²) >= 11 is 0. The van der Waals surface area contributed by atoms with Crippen molar-refractivity contribution in [2.75, 3.05) is 5.32 Å². The lowest BCUT2D eigenvalue weighted by Gasteiger charge is -2.14. The molecule has 0 fully saturated rings. The number of aryl methyl sites for hydroxylation is 3. The van der Waals surface area contributed by atoms with Crippen LogP contribution in [0.4, 0.5) is 5.82 Å². The van der Waals surface area contributed by atoms with Crippen molar-refractivity contribution in [1.29, 1.82) is 0 Å². The maximum Gasteiger partial charge on any atom is 0.178 e. The Kier molecular flexibility index (Phi) is 2.89. The highest BCUT2D eigenvalue weighted by molar-refractivity contribution is 5.45. The molecule has 0 saturated heterocycles. The molecule has 0 bridgehead atoms. The lowest BCUT2D eigenvalue weighted by Crippen LogP contribution is -2.11. The molecule has 1 N–H and O–H groups in total. The van der Waals surface area contributed by atoms with E-state index >= 15 is 0 Å². The Balaban J connectivity index is 1.91. The number of anilines is 1. The van der Waals surface area contributed by atoms with Gasteiger partial charge in [-0.2, -0.15) is 4.52 Å². The van der Waals surface area contributed by atoms with Crippen LogP contribution in [0.15, 0.2) is 16.7 Å². The number of aromatic nitrogens is 5. The third kappa shape index (κ3) is 2.01. The highest BCUT2D eigenvalue weighted by Gasteiger charge is 2.17. The number of nitrogens with zero attached hydrogens (tertiary/aromatic N) is 5. The van der Waals surface area contributed by atoms with E-state index in [0.717, 1.165) is 34.3 Å². The Bertz CT molecular complexity index is 740. The molecule has 0 aromatic carbocycles. The highest BCUT2D eigenvalue weighted by Crippen LogP contribution is 2.24. The van der Waals surface area contributed by atoms with Crippen LogP contribution in [0.3, 0.4) is 0 Å². The minimum Gasteiger partial charge on any atom is -0.362 e. The van der Waals surface area contributed by atoms with Crippen molar-refractivity contribution in [3.05, 3.63) is 35.0 Å². The summed E-state index contributed by atoms with van der Waals surface area (Å²) in [5.74, 6) is 2.34. The van der Waals surface area contributed by atoms with Gasteiger partial charge < -0.3 is 9.84 Å². The molecule has 3 heterocycles. The summed E-state index contributed by atoms with van der Waals surface area (Å²) in [6.45, 7) is 7.77. The highest BCUT2D eigenvalue weighted by atomic mass is 16.5. The molecule has 20 heavy (non-hydrogen) atoms. The first-order valence-corrected chi connectivity index (χ1v) is 6.44. The third-order valence-electron chi connectivity index (χ3n) is 3.30. The summed E-state index contributed by atoms with van der Waals surface area (Å²) < 4.78 is 6.91. The van der Waals surface area contributed by atoms with Gasteiger partial charge in [0.2, 0.25) is 0 Å². The average molecular weight is 272 g/mol. The van der Waals surface area contributed by atoms with Gasteiger partial charge >= 0.3 is 0 Å². The van der Waals surface area contributed by atoms with E-state index in [9.17, 15) is 0 Å². The SMILES string of the molecule is Cc1noc(C)c1C(C)Nc1ccc2nnc(C)n2n1. The fourth-order valence-electron chi connectivity index (χ4n) is 2.38. The Morgan fingerprint density at radius 1 is 1.20 bits per heavy atom. The monoisotopic (exact) mass is 272 g/mol. The van der Waals surface area contributed by atoms with Crippen molar-refractivity contribution in [3.8, 4) is 0 Å². The van der Waals surface area contributed by atoms with E-state index in [0.29, 0.717) is 0 Å². The second kappa shape index (κ2) is 4.59. The fraction of sp³-hybridized carbons (Fsp3) is 0.385. The van der Waals surface area contributed by atoms with Crippen LogP contribution in [0.1, 0.15) is 35.8 Å². The molecule has 0 aliphatic heterocycles. The van der Waals surface area contributed by atoms with Gasteiger partial charge in [-0.1, -0.05) is 5.16 Å². The van der Waals surface area contributed by atoms with Crippen molar-refractivity contribution >= 4 is 11.5 Å². The van der Waals surface area contributed by atoms with E-state index in [4.69, 9.17) is 4.52 Å². The van der Waals surface area contributed by atoms with Crippen LogP contribution in [0.25, 0.3) is 5.65 Å². The maximum absolute atomic E-state index is 5.20. The van der Waals surface area contributed by atoms with Crippen LogP contribution in [-0.2, 0) is 0 Å². The first-order valence-electron chi connectivity index (χ1n) is 6.44. The summed E-state index contributed by atoms with van der Waals surface area (Å²) in [7, 11) is 0. The van der Waals surface area contributed by atoms with Gasteiger partial charge in [0.1, 0.15) is 11.6 Å². The topological polar surface area (TPSA) is 81.1 Å². The van der Waals surface area contributed by atoms with Gasteiger partial charge in [0.25, 0.3) is 0 Å². The van der Waals surface area contributed by atoms with E-state index in [2.05, 4.69) is 32.7 Å². The average Bonchev–Trinajstić information content (AvgIpc) is 2.94. The van der Waals surface area contributed by atoms with Gasteiger partial charge in [0.15, 0.2) is 11.5 Å². The van der Waals surface area contributed by atoms with Crippen molar-refractivity contribution in [1.82, 2.24) is 25.0 Å². The van der Waals surface area contributed by atoms with Crippen molar-refractivity contribution in [3.63, 3.8) is 0 Å². The van der Waals surface area contributed by atoms with Gasteiger partial charge in [-0.15, -0.1) is 15.3 Å². The van der Waals surface area contributed by atoms with E-state index in [1.54, 1.807) is 4.52 Å². The predicted molar refractivity (Wildman–Crippen MR) is 73.5 cm³/mol. The van der Waals surface area contributed by atoms with Crippen LogP contribution in [0.5, 0.6) is 0 Å². The quantitative estimate of drug-likeness (QED) is 0.787. The molecular weight excluding hydrogens is 256 g/mol. The fourth-order valence-corrected chi connectivity index (χ4v) is 2.38. The summed E-state index contributed by atoms with van der Waals surface area (Å²) in [5, 5.41) is 19.8. The zero-order valence-electron chi connectivity index (χ0n) is 11.9. The molecule has 1 unspecified atom stereocenters. The molecule has 0 aliphatic rings. The lowest BCUT2D eigenvalue weighted by atomic mass is 10.1. The molecule has 104 valence electrons. The van der Waals surface area contributed by atoms with Crippen LogP contribution in [0.2, 0.25) is 0 Å². The Labute approximate surface area is 116 Å². The normalized spacial score (nSPS) is 12.8. The largest absolute Gasteiger partial charge is 0.362 e. The third-order valence-corrected chi connectivity index (χ3v) is 3.30. The molecule has 7 nitrogen and oxygen atoms in total. The van der Waals surface area contributed by atoms with E-state index in [-0.39, 0.29) is 6.04 Å². The van der Waals surface area contributed by atoms with E-state index in [1.807, 2.05) is 32.9 Å². The predicted octanol–water partition coefficient (Wildman–Crippen LogP) is 2.21. The van der Waals surface area contributed by atoms with Gasteiger partial charge in [-0.25, -0.2) is 0 Å². The van der Waals surface area contributed by atoms with Crippen molar-refractivity contribution in [2.45, 2.75) is 33.7 Å². The smallest absolute Gasteiger partial charge is 0.178 e. The first-order chi connectivity index (χ1) is 9.56. The van der Waals surface area contributed by atoms with E-state index in [1.165, 1.54) is 0 Å². The van der Waals surface area contributed by atoms with E-state index < -0.39 is 0 Å². The van der Waals surface area contributed by atoms with Crippen LogP contribution in [-0.4, -0.2) is 25.0 Å². The molecule has 0 saturated carbocycles. The minimum atomic E-state index is 0.0583. The molecule has 3 aromatic heterocycles. The summed E-state index contributed by atoms with van der Waals surface area (Å²) in [6.07, 6.45) is 0. The lowest BCUT2D eigenvalue weighted by molar-refractivity contribution is 0.392. The number of nitrogens with one attached hydrogen (secondary N) is 1. The van der Waals surface area contributed by atoms with Crippen LogP contribution in [0, 0.1) is 20.8 Å². The molecule has 7 heteroatoms. The maximum atomic E-state index is 5.20. The van der Waals surface area contributed by atoms with Crippen LogP contribution >= 0.6 is 0 Å².